The Balaban J connectivity index is 0.000000229. The van der Waals surface area contributed by atoms with Crippen molar-refractivity contribution in [3.8, 4) is 44.8 Å². The number of fused-ring (bicyclic) bond motifs is 3. The van der Waals surface area contributed by atoms with Crippen LogP contribution in [0.5, 0.6) is 0 Å². The largest absolute Gasteiger partial charge is 0.494 e. The number of aromatic nitrogens is 1. The summed E-state index contributed by atoms with van der Waals surface area (Å²) in [6.45, 7) is 21.8. The average Bonchev–Trinajstić information content (AvgIpc) is 3.87. The molecule has 73 heavy (non-hydrogen) atoms. The highest BCUT2D eigenvalue weighted by Gasteiger charge is 2.54. The summed E-state index contributed by atoms with van der Waals surface area (Å²) in [5.41, 5.74) is 12.9. The van der Waals surface area contributed by atoms with Crippen LogP contribution in [0.25, 0.3) is 44.8 Å². The Morgan fingerprint density at radius 1 is 0.397 bits per heavy atom. The molecule has 3 heterocycles. The number of hydrogen-bond donors (Lipinski definition) is 0. The van der Waals surface area contributed by atoms with Gasteiger partial charge in [-0.2, -0.15) is 0 Å². The van der Waals surface area contributed by atoms with Gasteiger partial charge < -0.3 is 18.6 Å². The Kier molecular flexibility index (Phi) is 17.9. The van der Waals surface area contributed by atoms with E-state index in [1.54, 1.807) is 0 Å². The Bertz CT molecular complexity index is 2610. The molecule has 0 spiro atoms. The van der Waals surface area contributed by atoms with E-state index >= 15 is 0 Å². The number of unbranched alkanes of at least 4 members (excludes halogenated alkanes) is 10. The first-order valence-electron chi connectivity index (χ1n) is 27.5. The third-order valence-electron chi connectivity index (χ3n) is 16.5. The van der Waals surface area contributed by atoms with Crippen LogP contribution in [0.3, 0.4) is 0 Å². The van der Waals surface area contributed by atoms with Crippen molar-refractivity contribution in [1.29, 1.82) is 0 Å². The molecule has 2 fully saturated rings. The van der Waals surface area contributed by atoms with Crippen LogP contribution < -0.4 is 10.9 Å². The van der Waals surface area contributed by atoms with Gasteiger partial charge in [-0.25, -0.2) is 4.98 Å². The molecule has 1 aliphatic carbocycles. The van der Waals surface area contributed by atoms with Crippen molar-refractivity contribution < 1.29 is 18.6 Å². The minimum atomic E-state index is -0.370. The quantitative estimate of drug-likeness (QED) is 0.0598. The highest BCUT2D eigenvalue weighted by atomic mass is 79.9. The SMILES string of the molecule is Brc1cccc(-c2cc(-c3ccccc3)cc(-c3cccc(Br)c3)n2)c1.CCCCCCCCC1(CCCCCCCC)c2cc(B3OC(C)(C)C(C)(C)O3)ccc2-c2ccc(B3OC(C)(C)C(C)(C)O3)cc21. The Labute approximate surface area is 456 Å². The molecule has 0 amide bonds. The van der Waals surface area contributed by atoms with Gasteiger partial charge in [-0.3, -0.25) is 0 Å². The van der Waals surface area contributed by atoms with Crippen LogP contribution in [0.4, 0.5) is 0 Å². The second kappa shape index (κ2) is 23.6. The van der Waals surface area contributed by atoms with Gasteiger partial charge in [-0.15, -0.1) is 0 Å². The second-order valence-corrected chi connectivity index (χ2v) is 24.7. The van der Waals surface area contributed by atoms with Gasteiger partial charge in [0.15, 0.2) is 0 Å². The molecule has 0 saturated carbocycles. The molecule has 5 aromatic carbocycles. The summed E-state index contributed by atoms with van der Waals surface area (Å²) in [7, 11) is -0.731. The van der Waals surface area contributed by atoms with Crippen molar-refractivity contribution in [1.82, 2.24) is 4.98 Å². The summed E-state index contributed by atoms with van der Waals surface area (Å²) in [6.07, 6.45) is 17.9. The van der Waals surface area contributed by atoms with Crippen LogP contribution in [0.1, 0.15) is 170 Å². The summed E-state index contributed by atoms with van der Waals surface area (Å²) in [4.78, 5) is 4.94. The summed E-state index contributed by atoms with van der Waals surface area (Å²) < 4.78 is 28.5. The van der Waals surface area contributed by atoms with E-state index < -0.39 is 0 Å². The lowest BCUT2D eigenvalue weighted by atomic mass is 9.67. The van der Waals surface area contributed by atoms with Crippen LogP contribution in [0.15, 0.2) is 136 Å². The van der Waals surface area contributed by atoms with Crippen molar-refractivity contribution in [3.63, 3.8) is 0 Å². The van der Waals surface area contributed by atoms with Crippen molar-refractivity contribution in [3.05, 3.63) is 147 Å². The molecule has 0 atom stereocenters. The lowest BCUT2D eigenvalue weighted by Gasteiger charge is -2.33. The summed E-state index contributed by atoms with van der Waals surface area (Å²) in [6, 6.07) is 45.4. The van der Waals surface area contributed by atoms with Gasteiger partial charge >= 0.3 is 14.2 Å². The first-order valence-corrected chi connectivity index (χ1v) is 29.1. The highest BCUT2D eigenvalue weighted by Crippen LogP contribution is 2.54. The van der Waals surface area contributed by atoms with Gasteiger partial charge in [-0.1, -0.05) is 214 Å². The van der Waals surface area contributed by atoms with E-state index in [1.807, 2.05) is 30.3 Å². The molecule has 0 bridgehead atoms. The van der Waals surface area contributed by atoms with Gasteiger partial charge in [0.25, 0.3) is 0 Å². The first kappa shape index (κ1) is 55.4. The predicted octanol–water partition coefficient (Wildman–Crippen LogP) is 17.7. The van der Waals surface area contributed by atoms with Crippen LogP contribution in [-0.2, 0) is 24.0 Å². The van der Waals surface area contributed by atoms with E-state index in [9.17, 15) is 0 Å². The fourth-order valence-corrected chi connectivity index (χ4v) is 11.6. The van der Waals surface area contributed by atoms with Gasteiger partial charge in [0.1, 0.15) is 0 Å². The van der Waals surface area contributed by atoms with E-state index in [4.69, 9.17) is 23.6 Å². The van der Waals surface area contributed by atoms with Crippen molar-refractivity contribution in [2.75, 3.05) is 0 Å². The van der Waals surface area contributed by atoms with Crippen molar-refractivity contribution in [2.45, 2.75) is 187 Å². The number of hydrogen-bond acceptors (Lipinski definition) is 5. The monoisotopic (exact) mass is 1110 g/mol. The zero-order chi connectivity index (χ0) is 52.0. The zero-order valence-corrected chi connectivity index (χ0v) is 48.7. The highest BCUT2D eigenvalue weighted by molar-refractivity contribution is 9.10. The molecule has 0 radical (unpaired) electrons. The van der Waals surface area contributed by atoms with Gasteiger partial charge in [0.2, 0.25) is 0 Å². The molecule has 1 aromatic heterocycles. The number of nitrogens with zero attached hydrogens (tertiary/aromatic N) is 1. The minimum Gasteiger partial charge on any atom is -0.399 e. The molecule has 3 aliphatic rings. The molecule has 9 rings (SSSR count). The summed E-state index contributed by atoms with van der Waals surface area (Å²) in [5.74, 6) is 0. The predicted molar refractivity (Wildman–Crippen MR) is 316 cm³/mol. The smallest absolute Gasteiger partial charge is 0.399 e. The standard InChI is InChI=1S/C41H64B2O4.C23H15Br2N/c1-11-13-15-17-19-21-27-41(28-22-20-18-16-14-12-2)35-29-31(42-44-37(3,4)38(5,6)45-42)23-25-33(35)34-26-24-32(30-36(34)41)43-46-39(7,8)40(9,10)47-43;24-20-10-4-8-17(12-20)22-14-19(16-6-2-1-3-7-16)15-23(26-22)18-9-5-11-21(25)13-18/h23-26,29-30H,11-22,27-28H2,1-10H3;1-15H. The van der Waals surface area contributed by atoms with Crippen LogP contribution in [0, 0.1) is 0 Å². The molecule has 0 unspecified atom stereocenters. The summed E-state index contributed by atoms with van der Waals surface area (Å²) in [5, 5.41) is 0. The molecule has 0 N–H and O–H groups in total. The fraction of sp³-hybridized carbons (Fsp3) is 0.453. The minimum absolute atomic E-state index is 0.0561. The summed E-state index contributed by atoms with van der Waals surface area (Å²) >= 11 is 7.12. The number of halogens is 2. The number of pyridine rings is 1. The topological polar surface area (TPSA) is 49.8 Å². The van der Waals surface area contributed by atoms with Gasteiger partial charge in [-0.05, 0) is 149 Å². The fourth-order valence-electron chi connectivity index (χ4n) is 10.8. The van der Waals surface area contributed by atoms with E-state index in [2.05, 4.69) is 198 Å². The molecule has 9 heteroatoms. The van der Waals surface area contributed by atoms with Crippen LogP contribution in [-0.4, -0.2) is 41.6 Å². The lowest BCUT2D eigenvalue weighted by molar-refractivity contribution is 0.00578. The second-order valence-electron chi connectivity index (χ2n) is 22.9. The third-order valence-corrected chi connectivity index (χ3v) is 17.5. The maximum absolute atomic E-state index is 6.60. The number of rotatable bonds is 19. The van der Waals surface area contributed by atoms with Gasteiger partial charge in [0.05, 0.1) is 33.8 Å². The number of benzene rings is 5. The molecule has 2 saturated heterocycles. The molecule has 5 nitrogen and oxygen atoms in total. The maximum atomic E-state index is 6.60. The normalized spacial score (nSPS) is 17.5. The molecule has 6 aromatic rings. The van der Waals surface area contributed by atoms with Crippen LogP contribution in [0.2, 0.25) is 0 Å². The molecule has 2 aliphatic heterocycles. The zero-order valence-electron chi connectivity index (χ0n) is 45.5. The van der Waals surface area contributed by atoms with E-state index in [1.165, 1.54) is 105 Å². The van der Waals surface area contributed by atoms with E-state index in [-0.39, 0.29) is 42.1 Å². The first-order chi connectivity index (χ1) is 34.9. The Morgan fingerprint density at radius 3 is 1.18 bits per heavy atom. The van der Waals surface area contributed by atoms with E-state index in [0.29, 0.717) is 0 Å². The molecular formula is C64H79B2Br2NO4. The molecular weight excluding hydrogens is 1030 g/mol. The Hall–Kier alpha value is -3.82. The van der Waals surface area contributed by atoms with E-state index in [0.717, 1.165) is 60.8 Å². The third kappa shape index (κ3) is 12.6. The van der Waals surface area contributed by atoms with Crippen LogP contribution >= 0.6 is 31.9 Å². The molecule has 384 valence electrons. The lowest BCUT2D eigenvalue weighted by Crippen LogP contribution is -2.41. The average molecular weight is 1110 g/mol. The maximum Gasteiger partial charge on any atom is 0.494 e. The van der Waals surface area contributed by atoms with Crippen molar-refractivity contribution >= 4 is 57.0 Å². The van der Waals surface area contributed by atoms with Gasteiger partial charge in [0, 0.05) is 25.5 Å². The van der Waals surface area contributed by atoms with Crippen molar-refractivity contribution in [2.24, 2.45) is 0 Å². The Morgan fingerprint density at radius 2 is 0.781 bits per heavy atom.